The van der Waals surface area contributed by atoms with Crippen molar-refractivity contribution in [2.45, 2.75) is 34.6 Å². The summed E-state index contributed by atoms with van der Waals surface area (Å²) >= 11 is 1.45. The van der Waals surface area contributed by atoms with Gasteiger partial charge in [0.2, 0.25) is 5.91 Å². The van der Waals surface area contributed by atoms with E-state index in [0.29, 0.717) is 5.13 Å². The Morgan fingerprint density at radius 1 is 1.37 bits per heavy atom. The number of amides is 1. The number of carbonyl (C=O) groups excluding carboxylic acids is 1. The summed E-state index contributed by atoms with van der Waals surface area (Å²) in [5.41, 5.74) is 9.14. The van der Waals surface area contributed by atoms with E-state index in [1.165, 1.54) is 11.3 Å². The van der Waals surface area contributed by atoms with Crippen molar-refractivity contribution in [3.05, 3.63) is 17.2 Å². The van der Waals surface area contributed by atoms with E-state index in [2.05, 4.69) is 10.3 Å². The number of hydrogen-bond donors (Lipinski definition) is 2. The Balaban J connectivity index is 2.52. The molecule has 0 radical (unpaired) electrons. The smallest absolute Gasteiger partial charge is 0.229 e. The fourth-order valence-electron chi connectivity index (χ4n) is 1.90. The zero-order valence-electron chi connectivity index (χ0n) is 11.9. The summed E-state index contributed by atoms with van der Waals surface area (Å²) in [6, 6.07) is 1.97. The SMILES string of the molecule is Cc1cc2nc(N)sc2c(C)c1NC(=O)C(C)(C)C. The van der Waals surface area contributed by atoms with Crippen molar-refractivity contribution < 1.29 is 4.79 Å². The molecule has 0 spiro atoms. The maximum atomic E-state index is 12.1. The molecule has 1 aromatic carbocycles. The number of thiazole rings is 1. The van der Waals surface area contributed by atoms with Gasteiger partial charge in [-0.05, 0) is 31.0 Å². The number of benzene rings is 1. The van der Waals surface area contributed by atoms with Crippen LogP contribution in [-0.4, -0.2) is 10.9 Å². The number of nitrogens with one attached hydrogen (secondary N) is 1. The number of nitrogen functional groups attached to an aromatic ring is 1. The molecule has 1 amide bonds. The zero-order valence-corrected chi connectivity index (χ0v) is 12.7. The number of anilines is 2. The van der Waals surface area contributed by atoms with Crippen molar-refractivity contribution in [2.75, 3.05) is 11.1 Å². The standard InChI is InChI=1S/C14H19N3OS/c1-7-6-9-11(19-13(15)16-9)8(2)10(7)17-12(18)14(3,4)5/h6H,1-5H3,(H2,15,16)(H,17,18). The van der Waals surface area contributed by atoms with Crippen molar-refractivity contribution >= 4 is 38.3 Å². The summed E-state index contributed by atoms with van der Waals surface area (Å²) in [6.07, 6.45) is 0. The van der Waals surface area contributed by atoms with Crippen LogP contribution in [0.3, 0.4) is 0 Å². The van der Waals surface area contributed by atoms with Crippen molar-refractivity contribution in [1.82, 2.24) is 4.98 Å². The summed E-state index contributed by atoms with van der Waals surface area (Å²) in [7, 11) is 0. The zero-order chi connectivity index (χ0) is 14.4. The van der Waals surface area contributed by atoms with Crippen LogP contribution >= 0.6 is 11.3 Å². The highest BCUT2D eigenvalue weighted by atomic mass is 32.1. The fraction of sp³-hybridized carbons (Fsp3) is 0.429. The fourth-order valence-corrected chi connectivity index (χ4v) is 2.71. The molecule has 2 rings (SSSR count). The molecule has 5 heteroatoms. The number of fused-ring (bicyclic) bond motifs is 1. The molecule has 1 aromatic heterocycles. The predicted molar refractivity (Wildman–Crippen MR) is 81.6 cm³/mol. The summed E-state index contributed by atoms with van der Waals surface area (Å²) in [4.78, 5) is 16.4. The molecule has 0 fully saturated rings. The lowest BCUT2D eigenvalue weighted by atomic mass is 9.95. The number of nitrogens with zero attached hydrogens (tertiary/aromatic N) is 1. The molecule has 0 aliphatic heterocycles. The van der Waals surface area contributed by atoms with Gasteiger partial charge in [-0.15, -0.1) is 0 Å². The van der Waals surface area contributed by atoms with Gasteiger partial charge in [-0.25, -0.2) is 4.98 Å². The van der Waals surface area contributed by atoms with Crippen LogP contribution < -0.4 is 11.1 Å². The third kappa shape index (κ3) is 2.56. The molecule has 102 valence electrons. The van der Waals surface area contributed by atoms with Gasteiger partial charge >= 0.3 is 0 Å². The molecule has 3 N–H and O–H groups in total. The van der Waals surface area contributed by atoms with Crippen molar-refractivity contribution in [1.29, 1.82) is 0 Å². The molecule has 0 atom stereocenters. The maximum absolute atomic E-state index is 12.1. The summed E-state index contributed by atoms with van der Waals surface area (Å²) in [5.74, 6) is 0.00976. The molecule has 2 aromatic rings. The van der Waals surface area contributed by atoms with Crippen LogP contribution in [0.1, 0.15) is 31.9 Å². The van der Waals surface area contributed by atoms with Gasteiger partial charge in [0.1, 0.15) is 0 Å². The van der Waals surface area contributed by atoms with E-state index in [-0.39, 0.29) is 5.91 Å². The Kier molecular flexibility index (Phi) is 3.26. The predicted octanol–water partition coefficient (Wildman–Crippen LogP) is 3.48. The minimum absolute atomic E-state index is 0.00976. The second kappa shape index (κ2) is 4.49. The van der Waals surface area contributed by atoms with E-state index in [1.807, 2.05) is 40.7 Å². The van der Waals surface area contributed by atoms with Crippen molar-refractivity contribution in [3.8, 4) is 0 Å². The van der Waals surface area contributed by atoms with Crippen LogP contribution in [0, 0.1) is 19.3 Å². The van der Waals surface area contributed by atoms with Gasteiger partial charge in [0.15, 0.2) is 5.13 Å². The summed E-state index contributed by atoms with van der Waals surface area (Å²) in [5, 5.41) is 3.57. The molecular formula is C14H19N3OS. The maximum Gasteiger partial charge on any atom is 0.229 e. The second-order valence-corrected chi connectivity index (χ2v) is 6.83. The quantitative estimate of drug-likeness (QED) is 0.838. The number of carbonyl (C=O) groups is 1. The number of hydrogen-bond acceptors (Lipinski definition) is 4. The van der Waals surface area contributed by atoms with Crippen LogP contribution in [0.5, 0.6) is 0 Å². The van der Waals surface area contributed by atoms with Crippen LogP contribution in [0.15, 0.2) is 6.07 Å². The molecular weight excluding hydrogens is 258 g/mol. The first-order valence-electron chi connectivity index (χ1n) is 6.18. The van der Waals surface area contributed by atoms with Gasteiger partial charge in [0.05, 0.1) is 10.2 Å². The third-order valence-corrected chi connectivity index (χ3v) is 4.07. The number of rotatable bonds is 1. The second-order valence-electron chi connectivity index (χ2n) is 5.80. The van der Waals surface area contributed by atoms with E-state index in [9.17, 15) is 4.79 Å². The molecule has 0 saturated heterocycles. The molecule has 1 heterocycles. The van der Waals surface area contributed by atoms with E-state index < -0.39 is 5.41 Å². The first-order chi connectivity index (χ1) is 8.70. The van der Waals surface area contributed by atoms with E-state index in [1.54, 1.807) is 0 Å². The Hall–Kier alpha value is -1.62. The first kappa shape index (κ1) is 13.8. The lowest BCUT2D eigenvalue weighted by Gasteiger charge is -2.20. The largest absolute Gasteiger partial charge is 0.375 e. The normalized spacial score (nSPS) is 11.8. The molecule has 4 nitrogen and oxygen atoms in total. The van der Waals surface area contributed by atoms with Gasteiger partial charge < -0.3 is 11.1 Å². The minimum Gasteiger partial charge on any atom is -0.375 e. The van der Waals surface area contributed by atoms with Crippen molar-refractivity contribution in [2.24, 2.45) is 5.41 Å². The highest BCUT2D eigenvalue weighted by Crippen LogP contribution is 2.34. The highest BCUT2D eigenvalue weighted by Gasteiger charge is 2.23. The minimum atomic E-state index is -0.416. The Morgan fingerprint density at radius 3 is 2.58 bits per heavy atom. The average Bonchev–Trinajstić information content (AvgIpc) is 2.63. The number of aromatic nitrogens is 1. The van der Waals surface area contributed by atoms with Gasteiger partial charge in [0.25, 0.3) is 0 Å². The number of aryl methyl sites for hydroxylation is 2. The Bertz CT molecular complexity index is 653. The third-order valence-electron chi connectivity index (χ3n) is 3.05. The topological polar surface area (TPSA) is 68.0 Å². The summed E-state index contributed by atoms with van der Waals surface area (Å²) < 4.78 is 1.03. The lowest BCUT2D eigenvalue weighted by Crippen LogP contribution is -2.28. The molecule has 19 heavy (non-hydrogen) atoms. The van der Waals surface area contributed by atoms with Gasteiger partial charge in [0, 0.05) is 11.1 Å². The average molecular weight is 277 g/mol. The Labute approximate surface area is 117 Å². The molecule has 0 unspecified atom stereocenters. The number of nitrogens with two attached hydrogens (primary N) is 1. The molecule has 0 aliphatic carbocycles. The Morgan fingerprint density at radius 2 is 2.00 bits per heavy atom. The van der Waals surface area contributed by atoms with E-state index in [0.717, 1.165) is 27.0 Å². The van der Waals surface area contributed by atoms with Gasteiger partial charge in [-0.2, -0.15) is 0 Å². The highest BCUT2D eigenvalue weighted by molar-refractivity contribution is 7.22. The molecule has 0 aliphatic rings. The van der Waals surface area contributed by atoms with Crippen LogP contribution in [0.25, 0.3) is 10.2 Å². The molecule has 0 saturated carbocycles. The van der Waals surface area contributed by atoms with Crippen LogP contribution in [0.4, 0.5) is 10.8 Å². The monoisotopic (exact) mass is 277 g/mol. The van der Waals surface area contributed by atoms with Crippen LogP contribution in [0.2, 0.25) is 0 Å². The molecule has 0 bridgehead atoms. The van der Waals surface area contributed by atoms with E-state index in [4.69, 9.17) is 5.73 Å². The van der Waals surface area contributed by atoms with Gasteiger partial charge in [-0.3, -0.25) is 4.79 Å². The first-order valence-corrected chi connectivity index (χ1v) is 6.99. The van der Waals surface area contributed by atoms with Gasteiger partial charge in [-0.1, -0.05) is 32.1 Å². The van der Waals surface area contributed by atoms with Crippen molar-refractivity contribution in [3.63, 3.8) is 0 Å². The van der Waals surface area contributed by atoms with Crippen LogP contribution in [-0.2, 0) is 4.79 Å². The lowest BCUT2D eigenvalue weighted by molar-refractivity contribution is -0.123. The van der Waals surface area contributed by atoms with E-state index >= 15 is 0 Å². The summed E-state index contributed by atoms with van der Waals surface area (Å²) in [6.45, 7) is 9.66.